The summed E-state index contributed by atoms with van der Waals surface area (Å²) in [6.45, 7) is 0.397. The fraction of sp³-hybridized carbons (Fsp3) is 0.0588. The van der Waals surface area contributed by atoms with Gasteiger partial charge >= 0.3 is 5.97 Å². The van der Waals surface area contributed by atoms with Crippen molar-refractivity contribution < 1.29 is 14.6 Å². The molecule has 116 valence electrons. The number of carboxylic acids is 1. The van der Waals surface area contributed by atoms with E-state index in [9.17, 15) is 9.90 Å². The quantitative estimate of drug-likeness (QED) is 0.747. The molecule has 0 aliphatic carbocycles. The number of aromatic nitrogens is 1. The minimum atomic E-state index is -1.11. The SMILES string of the molecule is Nc1nc(C(=O)O)c(-c2ccccc2OCc2ccccc2)s1. The second kappa shape index (κ2) is 6.50. The van der Waals surface area contributed by atoms with E-state index in [1.165, 1.54) is 0 Å². The molecule has 0 aliphatic rings. The number of benzene rings is 2. The van der Waals surface area contributed by atoms with Crippen LogP contribution in [-0.4, -0.2) is 16.1 Å². The van der Waals surface area contributed by atoms with Gasteiger partial charge in [-0.05, 0) is 17.7 Å². The molecule has 0 aliphatic heterocycles. The summed E-state index contributed by atoms with van der Waals surface area (Å²) in [5.41, 5.74) is 7.33. The van der Waals surface area contributed by atoms with Crippen molar-refractivity contribution in [2.75, 3.05) is 5.73 Å². The average Bonchev–Trinajstić information content (AvgIpc) is 2.96. The van der Waals surface area contributed by atoms with Gasteiger partial charge in [-0.3, -0.25) is 0 Å². The average molecular weight is 326 g/mol. The zero-order chi connectivity index (χ0) is 16.2. The highest BCUT2D eigenvalue weighted by molar-refractivity contribution is 7.19. The van der Waals surface area contributed by atoms with E-state index >= 15 is 0 Å². The summed E-state index contributed by atoms with van der Waals surface area (Å²) >= 11 is 1.14. The Morgan fingerprint density at radius 1 is 1.13 bits per heavy atom. The maximum absolute atomic E-state index is 11.3. The zero-order valence-corrected chi connectivity index (χ0v) is 12.9. The van der Waals surface area contributed by atoms with Crippen molar-refractivity contribution in [3.8, 4) is 16.2 Å². The van der Waals surface area contributed by atoms with Crippen LogP contribution in [-0.2, 0) is 6.61 Å². The van der Waals surface area contributed by atoms with Crippen LogP contribution in [0.4, 0.5) is 5.13 Å². The summed E-state index contributed by atoms with van der Waals surface area (Å²) in [6.07, 6.45) is 0. The lowest BCUT2D eigenvalue weighted by atomic mass is 10.1. The minimum absolute atomic E-state index is 0.0525. The van der Waals surface area contributed by atoms with Crippen LogP contribution >= 0.6 is 11.3 Å². The van der Waals surface area contributed by atoms with Gasteiger partial charge in [-0.25, -0.2) is 9.78 Å². The van der Waals surface area contributed by atoms with E-state index in [2.05, 4.69) is 4.98 Å². The molecule has 23 heavy (non-hydrogen) atoms. The molecular weight excluding hydrogens is 312 g/mol. The number of nitrogens with zero attached hydrogens (tertiary/aromatic N) is 1. The van der Waals surface area contributed by atoms with E-state index in [1.807, 2.05) is 42.5 Å². The van der Waals surface area contributed by atoms with Crippen molar-refractivity contribution in [3.05, 3.63) is 65.9 Å². The monoisotopic (exact) mass is 326 g/mol. The minimum Gasteiger partial charge on any atom is -0.488 e. The third-order valence-corrected chi connectivity index (χ3v) is 4.13. The number of ether oxygens (including phenoxy) is 1. The molecule has 0 unspecified atom stereocenters. The van der Waals surface area contributed by atoms with Crippen LogP contribution < -0.4 is 10.5 Å². The molecule has 0 amide bonds. The van der Waals surface area contributed by atoms with Crippen LogP contribution in [0.1, 0.15) is 16.1 Å². The number of thiazole rings is 1. The number of aromatic carboxylic acids is 1. The lowest BCUT2D eigenvalue weighted by molar-refractivity contribution is 0.0692. The Bertz CT molecular complexity index is 831. The van der Waals surface area contributed by atoms with E-state index in [1.54, 1.807) is 12.1 Å². The Morgan fingerprint density at radius 3 is 2.57 bits per heavy atom. The van der Waals surface area contributed by atoms with Crippen molar-refractivity contribution >= 4 is 22.4 Å². The third-order valence-electron chi connectivity index (χ3n) is 3.22. The van der Waals surface area contributed by atoms with Crippen LogP contribution in [0.2, 0.25) is 0 Å². The van der Waals surface area contributed by atoms with Crippen molar-refractivity contribution in [1.82, 2.24) is 4.98 Å². The Labute approximate surface area is 137 Å². The highest BCUT2D eigenvalue weighted by Gasteiger charge is 2.20. The van der Waals surface area contributed by atoms with E-state index in [0.717, 1.165) is 16.9 Å². The van der Waals surface area contributed by atoms with Gasteiger partial charge in [-0.1, -0.05) is 53.8 Å². The second-order valence-corrected chi connectivity index (χ2v) is 5.84. The smallest absolute Gasteiger partial charge is 0.356 e. The molecule has 3 N–H and O–H groups in total. The van der Waals surface area contributed by atoms with E-state index in [0.29, 0.717) is 22.8 Å². The maximum Gasteiger partial charge on any atom is 0.356 e. The summed E-state index contributed by atoms with van der Waals surface area (Å²) in [4.78, 5) is 15.7. The lowest BCUT2D eigenvalue weighted by Crippen LogP contribution is -2.01. The summed E-state index contributed by atoms with van der Waals surface area (Å²) in [7, 11) is 0. The number of para-hydroxylation sites is 1. The number of nitrogen functional groups attached to an aromatic ring is 1. The van der Waals surface area contributed by atoms with Crippen LogP contribution in [0.25, 0.3) is 10.4 Å². The first kappa shape index (κ1) is 15.1. The third kappa shape index (κ3) is 3.32. The van der Waals surface area contributed by atoms with Gasteiger partial charge in [0.1, 0.15) is 12.4 Å². The van der Waals surface area contributed by atoms with Gasteiger partial charge in [0.05, 0.1) is 4.88 Å². The Morgan fingerprint density at radius 2 is 1.83 bits per heavy atom. The Hall–Kier alpha value is -2.86. The Kier molecular flexibility index (Phi) is 4.25. The van der Waals surface area contributed by atoms with E-state index in [-0.39, 0.29) is 10.8 Å². The van der Waals surface area contributed by atoms with Gasteiger partial charge in [-0.2, -0.15) is 0 Å². The first-order valence-corrected chi connectivity index (χ1v) is 7.72. The predicted octanol–water partition coefficient (Wildman–Crippen LogP) is 3.67. The fourth-order valence-electron chi connectivity index (χ4n) is 2.18. The fourth-order valence-corrected chi connectivity index (χ4v) is 3.03. The maximum atomic E-state index is 11.3. The van der Waals surface area contributed by atoms with Crippen LogP contribution in [0.15, 0.2) is 54.6 Å². The largest absolute Gasteiger partial charge is 0.488 e. The molecule has 0 saturated heterocycles. The molecular formula is C17H14N2O3S. The molecule has 6 heteroatoms. The highest BCUT2D eigenvalue weighted by atomic mass is 32.1. The summed E-state index contributed by atoms with van der Waals surface area (Å²) in [6, 6.07) is 17.0. The molecule has 1 aromatic heterocycles. The number of rotatable bonds is 5. The summed E-state index contributed by atoms with van der Waals surface area (Å²) < 4.78 is 5.87. The number of nitrogens with two attached hydrogens (primary N) is 1. The predicted molar refractivity (Wildman–Crippen MR) is 89.7 cm³/mol. The standard InChI is InChI=1S/C17H14N2O3S/c18-17-19-14(16(20)21)15(23-17)12-8-4-5-9-13(12)22-10-11-6-2-1-3-7-11/h1-9H,10H2,(H2,18,19)(H,20,21). The molecule has 3 rings (SSSR count). The van der Waals surface area contributed by atoms with Gasteiger partial charge in [0, 0.05) is 5.56 Å². The van der Waals surface area contributed by atoms with Gasteiger partial charge in [0.25, 0.3) is 0 Å². The molecule has 0 spiro atoms. The highest BCUT2D eigenvalue weighted by Crippen LogP contribution is 2.37. The number of carbonyl (C=O) groups is 1. The summed E-state index contributed by atoms with van der Waals surface area (Å²) in [5.74, 6) is -0.506. The molecule has 0 saturated carbocycles. The van der Waals surface area contributed by atoms with Crippen molar-refractivity contribution in [2.24, 2.45) is 0 Å². The van der Waals surface area contributed by atoms with Gasteiger partial charge in [0.2, 0.25) is 0 Å². The Balaban J connectivity index is 1.94. The first-order chi connectivity index (χ1) is 11.1. The van der Waals surface area contributed by atoms with Gasteiger partial charge < -0.3 is 15.6 Å². The molecule has 1 heterocycles. The van der Waals surface area contributed by atoms with Gasteiger partial charge in [-0.15, -0.1) is 0 Å². The van der Waals surface area contributed by atoms with Crippen molar-refractivity contribution in [3.63, 3.8) is 0 Å². The van der Waals surface area contributed by atoms with E-state index < -0.39 is 5.97 Å². The number of hydrogen-bond acceptors (Lipinski definition) is 5. The first-order valence-electron chi connectivity index (χ1n) is 6.91. The molecule has 2 aromatic carbocycles. The molecule has 0 bridgehead atoms. The molecule has 3 aromatic rings. The number of hydrogen-bond donors (Lipinski definition) is 2. The topological polar surface area (TPSA) is 85.4 Å². The van der Waals surface area contributed by atoms with Gasteiger partial charge in [0.15, 0.2) is 10.8 Å². The molecule has 0 atom stereocenters. The second-order valence-electron chi connectivity index (χ2n) is 4.81. The lowest BCUT2D eigenvalue weighted by Gasteiger charge is -2.10. The summed E-state index contributed by atoms with van der Waals surface area (Å²) in [5, 5.41) is 9.50. The number of carboxylic acid groups (broad SMARTS) is 1. The normalized spacial score (nSPS) is 10.4. The molecule has 0 radical (unpaired) electrons. The van der Waals surface area contributed by atoms with Crippen molar-refractivity contribution in [2.45, 2.75) is 6.61 Å². The molecule has 5 nitrogen and oxygen atoms in total. The van der Waals surface area contributed by atoms with Crippen molar-refractivity contribution in [1.29, 1.82) is 0 Å². The van der Waals surface area contributed by atoms with Crippen LogP contribution in [0.5, 0.6) is 5.75 Å². The van der Waals surface area contributed by atoms with E-state index in [4.69, 9.17) is 10.5 Å². The number of anilines is 1. The molecule has 0 fully saturated rings. The van der Waals surface area contributed by atoms with Crippen LogP contribution in [0, 0.1) is 0 Å². The van der Waals surface area contributed by atoms with Crippen LogP contribution in [0.3, 0.4) is 0 Å². The zero-order valence-electron chi connectivity index (χ0n) is 12.1.